The van der Waals surface area contributed by atoms with Crippen molar-refractivity contribution < 1.29 is 23.5 Å². The third kappa shape index (κ3) is 6.09. The number of halogens is 2. The Balaban J connectivity index is 1.99. The van der Waals surface area contributed by atoms with Crippen LogP contribution in [-0.2, 0) is 19.8 Å². The van der Waals surface area contributed by atoms with Crippen molar-refractivity contribution in [2.75, 3.05) is 13.3 Å². The lowest BCUT2D eigenvalue weighted by Gasteiger charge is -2.36. The van der Waals surface area contributed by atoms with Gasteiger partial charge in [-0.3, -0.25) is 4.99 Å². The fraction of sp³-hybridized carbons (Fsp3) is 0.652. The average molecular weight is 575 g/mol. The van der Waals surface area contributed by atoms with E-state index in [9.17, 15) is 14.0 Å². The molecule has 1 amide bonds. The summed E-state index contributed by atoms with van der Waals surface area (Å²) in [6.07, 6.45) is 2.17. The molecular weight excluding hydrogens is 541 g/mol. The molecule has 1 saturated carbocycles. The van der Waals surface area contributed by atoms with Gasteiger partial charge in [0.2, 0.25) is 5.95 Å². The fourth-order valence-corrected chi connectivity index (χ4v) is 6.42. The van der Waals surface area contributed by atoms with Crippen LogP contribution in [0.5, 0.6) is 0 Å². The molecule has 0 aromatic carbocycles. The van der Waals surface area contributed by atoms with Crippen molar-refractivity contribution in [1.82, 2.24) is 9.88 Å². The number of rotatable bonds is 7. The van der Waals surface area contributed by atoms with Crippen molar-refractivity contribution in [3.63, 3.8) is 0 Å². The van der Waals surface area contributed by atoms with Gasteiger partial charge in [0, 0.05) is 36.8 Å². The number of nitrogens with zero attached hydrogens (tertiary/aromatic N) is 3. The van der Waals surface area contributed by atoms with E-state index >= 15 is 0 Å². The maximum absolute atomic E-state index is 14.9. The first kappa shape index (κ1) is 27.3. The van der Waals surface area contributed by atoms with E-state index in [-0.39, 0.29) is 23.4 Å². The van der Waals surface area contributed by atoms with Gasteiger partial charge in [-0.15, -0.1) is 0 Å². The second kappa shape index (κ2) is 9.63. The first-order valence-corrected chi connectivity index (χ1v) is 16.6. The van der Waals surface area contributed by atoms with E-state index in [0.717, 1.165) is 12.3 Å². The monoisotopic (exact) mass is 573 g/mol. The summed E-state index contributed by atoms with van der Waals surface area (Å²) in [6, 6.07) is 2.57. The van der Waals surface area contributed by atoms with Crippen LogP contribution in [0, 0.1) is 11.9 Å². The Bertz CT molecular complexity index is 999. The Morgan fingerprint density at radius 1 is 1.41 bits per heavy atom. The number of pyridine rings is 1. The number of amidine groups is 1. The highest BCUT2D eigenvalue weighted by Crippen LogP contribution is 2.65. The summed E-state index contributed by atoms with van der Waals surface area (Å²) < 4.78 is 26.2. The quantitative estimate of drug-likeness (QED) is 0.135. The predicted molar refractivity (Wildman–Crippen MR) is 138 cm³/mol. The molecule has 188 valence electrons. The summed E-state index contributed by atoms with van der Waals surface area (Å²) in [6.45, 7) is 14.3. The maximum Gasteiger partial charge on any atom is 0.418 e. The van der Waals surface area contributed by atoms with Gasteiger partial charge in [-0.25, -0.2) is 14.7 Å². The summed E-state index contributed by atoms with van der Waals surface area (Å²) in [7, 11) is -1.33. The highest BCUT2D eigenvalue weighted by Gasteiger charge is 2.68. The molecule has 11 heteroatoms. The van der Waals surface area contributed by atoms with Crippen molar-refractivity contribution in [1.29, 1.82) is 0 Å². The van der Waals surface area contributed by atoms with Crippen LogP contribution >= 0.6 is 27.7 Å². The molecule has 34 heavy (non-hydrogen) atoms. The second-order valence-electron chi connectivity index (χ2n) is 11.2. The number of carbonyl (C=O) groups is 2. The number of hydrogen-bond donors (Lipinski definition) is 0. The van der Waals surface area contributed by atoms with Crippen molar-refractivity contribution in [3.05, 3.63) is 28.2 Å². The van der Waals surface area contributed by atoms with E-state index in [1.165, 1.54) is 22.9 Å². The van der Waals surface area contributed by atoms with Gasteiger partial charge in [0.15, 0.2) is 5.17 Å². The summed E-state index contributed by atoms with van der Waals surface area (Å²) in [4.78, 5) is 35.4. The highest BCUT2D eigenvalue weighted by molar-refractivity contribution is 9.10. The van der Waals surface area contributed by atoms with Gasteiger partial charge in [-0.1, -0.05) is 31.4 Å². The molecule has 0 saturated heterocycles. The number of amides is 1. The molecule has 0 unspecified atom stereocenters. The first-order valence-electron chi connectivity index (χ1n) is 11.3. The maximum atomic E-state index is 14.9. The molecule has 1 fully saturated rings. The largest absolute Gasteiger partial charge is 0.443 e. The summed E-state index contributed by atoms with van der Waals surface area (Å²) in [5.74, 6) is -0.868. The standard InChI is InChI=1S/C23H33BrFN3O4SSi/c1-21(2,3)32-20(30)28(14-31-8-9-34(5,6)7)19-27-22(4,17-11-23(17,13-29)33-19)16-10-15(24)12-26-18(16)25/h10,12-13,17H,8-9,11,14H2,1-7H3/t17-,22+,23+/m0/s1. The molecule has 0 spiro atoms. The second-order valence-corrected chi connectivity index (χ2v) is 19.1. The minimum Gasteiger partial charge on any atom is -0.443 e. The fourth-order valence-electron chi connectivity index (χ4n) is 3.85. The normalized spacial score (nSPS) is 26.4. The zero-order valence-electron chi connectivity index (χ0n) is 20.8. The molecule has 1 aliphatic heterocycles. The van der Waals surface area contributed by atoms with Crippen LogP contribution in [-0.4, -0.2) is 59.2 Å². The number of aldehydes is 1. The number of aromatic nitrogens is 1. The highest BCUT2D eigenvalue weighted by atomic mass is 79.9. The molecule has 7 nitrogen and oxygen atoms in total. The van der Waals surface area contributed by atoms with E-state index < -0.39 is 36.0 Å². The van der Waals surface area contributed by atoms with E-state index in [0.29, 0.717) is 17.5 Å². The van der Waals surface area contributed by atoms with Gasteiger partial charge in [-0.05, 0) is 62.2 Å². The SMILES string of the molecule is CC(C)(C)OC(=O)N(COCC[Si](C)(C)C)C1=N[C@](C)(c2cc(Br)cnc2F)[C@@H]2C[C@]2(C=O)S1. The smallest absolute Gasteiger partial charge is 0.418 e. The number of thioether (sulfide) groups is 1. The third-order valence-corrected chi connectivity index (χ3v) is 9.41. The Kier molecular flexibility index (Phi) is 7.73. The van der Waals surface area contributed by atoms with Gasteiger partial charge in [0.05, 0.1) is 10.3 Å². The van der Waals surface area contributed by atoms with Crippen LogP contribution in [0.3, 0.4) is 0 Å². The molecule has 3 rings (SSSR count). The first-order chi connectivity index (χ1) is 15.6. The number of fused-ring (bicyclic) bond motifs is 1. The van der Waals surface area contributed by atoms with Gasteiger partial charge in [0.1, 0.15) is 18.6 Å². The lowest BCUT2D eigenvalue weighted by molar-refractivity contribution is -0.108. The predicted octanol–water partition coefficient (Wildman–Crippen LogP) is 5.81. The molecule has 1 aromatic rings. The number of aliphatic imine (C=N–C) groups is 1. The number of ether oxygens (including phenoxy) is 2. The Morgan fingerprint density at radius 3 is 2.68 bits per heavy atom. The number of hydrogen-bond acceptors (Lipinski definition) is 7. The lowest BCUT2D eigenvalue weighted by Crippen LogP contribution is -2.46. The molecule has 0 bridgehead atoms. The van der Waals surface area contributed by atoms with Gasteiger partial charge >= 0.3 is 6.09 Å². The van der Waals surface area contributed by atoms with Crippen molar-refractivity contribution >= 4 is 53.3 Å². The van der Waals surface area contributed by atoms with Gasteiger partial charge in [-0.2, -0.15) is 4.39 Å². The Morgan fingerprint density at radius 2 is 2.09 bits per heavy atom. The zero-order chi connectivity index (χ0) is 25.5. The molecule has 2 heterocycles. The summed E-state index contributed by atoms with van der Waals surface area (Å²) in [5.41, 5.74) is -1.54. The molecular formula is C23H33BrFN3O4SSi. The molecule has 3 atom stereocenters. The molecule has 1 aromatic heterocycles. The Labute approximate surface area is 214 Å². The van der Waals surface area contributed by atoms with Gasteiger partial charge < -0.3 is 14.3 Å². The minimum atomic E-state index is -1.33. The Hall–Kier alpha value is -1.30. The van der Waals surface area contributed by atoms with Crippen molar-refractivity contribution in [2.45, 2.75) is 75.7 Å². The molecule has 0 N–H and O–H groups in total. The van der Waals surface area contributed by atoms with Crippen molar-refractivity contribution in [3.8, 4) is 0 Å². The van der Waals surface area contributed by atoms with Crippen molar-refractivity contribution in [2.24, 2.45) is 10.9 Å². The minimum absolute atomic E-state index is 0.0693. The average Bonchev–Trinajstić information content (AvgIpc) is 3.44. The topological polar surface area (TPSA) is 81.1 Å². The molecule has 2 aliphatic rings. The van der Waals surface area contributed by atoms with Crippen LogP contribution in [0.2, 0.25) is 25.7 Å². The van der Waals surface area contributed by atoms with E-state index in [2.05, 4.69) is 40.6 Å². The zero-order valence-corrected chi connectivity index (χ0v) is 24.2. The van der Waals surface area contributed by atoms with Crippen LogP contribution in [0.15, 0.2) is 21.7 Å². The lowest BCUT2D eigenvalue weighted by atomic mass is 9.87. The van der Waals surface area contributed by atoms with Crippen LogP contribution in [0.4, 0.5) is 9.18 Å². The summed E-state index contributed by atoms with van der Waals surface area (Å²) in [5, 5.41) is 0.282. The third-order valence-electron chi connectivity index (χ3n) is 5.85. The van der Waals surface area contributed by atoms with E-state index in [1.54, 1.807) is 33.8 Å². The molecule has 1 aliphatic carbocycles. The number of carbonyl (C=O) groups excluding carboxylic acids is 2. The van der Waals surface area contributed by atoms with Crippen LogP contribution in [0.25, 0.3) is 0 Å². The van der Waals surface area contributed by atoms with Crippen LogP contribution in [0.1, 0.15) is 39.7 Å². The summed E-state index contributed by atoms with van der Waals surface area (Å²) >= 11 is 4.58. The van der Waals surface area contributed by atoms with E-state index in [1.807, 2.05) is 0 Å². The van der Waals surface area contributed by atoms with E-state index in [4.69, 9.17) is 14.5 Å². The molecule has 0 radical (unpaired) electrons. The van der Waals surface area contributed by atoms with Gasteiger partial charge in [0.25, 0.3) is 0 Å². The van der Waals surface area contributed by atoms with Crippen LogP contribution < -0.4 is 0 Å².